The fourth-order valence-corrected chi connectivity index (χ4v) is 3.18. The van der Waals surface area contributed by atoms with Gasteiger partial charge in [-0.05, 0) is 36.6 Å². The topological polar surface area (TPSA) is 135 Å². The predicted octanol–water partition coefficient (Wildman–Crippen LogP) is 1.81. The molecule has 0 aromatic heterocycles. The van der Waals surface area contributed by atoms with Crippen molar-refractivity contribution < 1.29 is 34.5 Å². The Balaban J connectivity index is 2.15. The van der Waals surface area contributed by atoms with Crippen molar-refractivity contribution in [3.05, 3.63) is 47.5 Å². The van der Waals surface area contributed by atoms with Gasteiger partial charge >= 0.3 is 7.60 Å². The Morgan fingerprint density at radius 3 is 2.17 bits per heavy atom. The van der Waals surface area contributed by atoms with Crippen LogP contribution in [0.15, 0.2) is 36.4 Å². The minimum absolute atomic E-state index is 0.0355. The summed E-state index contributed by atoms with van der Waals surface area (Å²) in [5.41, 5.74) is 0.428. The van der Waals surface area contributed by atoms with Gasteiger partial charge in [-0.25, -0.2) is 0 Å². The van der Waals surface area contributed by atoms with Gasteiger partial charge in [-0.2, -0.15) is 0 Å². The van der Waals surface area contributed by atoms with Crippen LogP contribution in [-0.4, -0.2) is 30.9 Å². The van der Waals surface area contributed by atoms with Crippen LogP contribution in [0.5, 0.6) is 17.2 Å². The van der Waals surface area contributed by atoms with E-state index in [1.54, 1.807) is 12.1 Å². The molecule has 8 heteroatoms. The lowest BCUT2D eigenvalue weighted by Gasteiger charge is -2.12. The molecule has 0 amide bonds. The molecule has 2 aromatic carbocycles. The van der Waals surface area contributed by atoms with Crippen molar-refractivity contribution in [1.82, 2.24) is 0 Å². The normalized spacial score (nSPS) is 11.4. The first-order valence-electron chi connectivity index (χ1n) is 7.11. The smallest absolute Gasteiger partial charge is 0.357 e. The molecule has 0 spiro atoms. The van der Waals surface area contributed by atoms with E-state index in [-0.39, 0.29) is 12.2 Å². The van der Waals surface area contributed by atoms with E-state index in [9.17, 15) is 34.5 Å². The Labute approximate surface area is 138 Å². The zero-order valence-electron chi connectivity index (χ0n) is 12.6. The summed E-state index contributed by atoms with van der Waals surface area (Å²) < 4.78 is 11.5. The van der Waals surface area contributed by atoms with Gasteiger partial charge in [0.25, 0.3) is 0 Å². The van der Waals surface area contributed by atoms with Gasteiger partial charge in [-0.1, -0.05) is 12.1 Å². The van der Waals surface area contributed by atoms with Crippen LogP contribution in [-0.2, 0) is 11.0 Å². The zero-order valence-corrected chi connectivity index (χ0v) is 13.5. The maximum atomic E-state index is 12.3. The summed E-state index contributed by atoms with van der Waals surface area (Å²) in [6.07, 6.45) is 0.882. The maximum Gasteiger partial charge on any atom is 0.357 e. The summed E-state index contributed by atoms with van der Waals surface area (Å²) >= 11 is 0. The molecule has 0 aliphatic carbocycles. The molecule has 0 aliphatic rings. The van der Waals surface area contributed by atoms with Gasteiger partial charge in [0, 0.05) is 12.5 Å². The summed E-state index contributed by atoms with van der Waals surface area (Å²) in [6, 6.07) is 8.11. The van der Waals surface area contributed by atoms with Crippen LogP contribution in [0.25, 0.3) is 0 Å². The molecule has 0 bridgehead atoms. The molecule has 0 radical (unpaired) electrons. The molecule has 0 unspecified atom stereocenters. The fourth-order valence-electron chi connectivity index (χ4n) is 2.35. The van der Waals surface area contributed by atoms with Crippen molar-refractivity contribution in [2.45, 2.75) is 19.3 Å². The molecule has 2 aromatic rings. The van der Waals surface area contributed by atoms with Crippen molar-refractivity contribution >= 4 is 18.7 Å². The van der Waals surface area contributed by atoms with Gasteiger partial charge in [0.1, 0.15) is 17.2 Å². The van der Waals surface area contributed by atoms with Crippen molar-refractivity contribution in [2.24, 2.45) is 0 Å². The Morgan fingerprint density at radius 2 is 1.58 bits per heavy atom. The molecule has 7 nitrogen and oxygen atoms in total. The second-order valence-electron chi connectivity index (χ2n) is 5.35. The van der Waals surface area contributed by atoms with E-state index in [2.05, 4.69) is 0 Å². The molecule has 2 rings (SSSR count). The lowest BCUT2D eigenvalue weighted by Crippen LogP contribution is -2.16. The third-order valence-corrected chi connectivity index (χ3v) is 4.46. The SMILES string of the molecule is O=C(CCCc1ccc(O)cc1)c1c(O)cc(O)cc1P(=O)(O)O. The molecular formula is C16H17O7P. The van der Waals surface area contributed by atoms with Crippen LogP contribution in [0.4, 0.5) is 0 Å². The van der Waals surface area contributed by atoms with E-state index in [0.29, 0.717) is 12.8 Å². The lowest BCUT2D eigenvalue weighted by molar-refractivity contribution is 0.0978. The number of benzene rings is 2. The van der Waals surface area contributed by atoms with E-state index in [1.807, 2.05) is 0 Å². The Kier molecular flexibility index (Phi) is 5.29. The largest absolute Gasteiger partial charge is 0.508 e. The number of Topliss-reactive ketones (excluding diaryl/α,β-unsaturated/α-hetero) is 1. The second-order valence-corrected chi connectivity index (χ2v) is 6.92. The summed E-state index contributed by atoms with van der Waals surface area (Å²) in [6.45, 7) is 0. The predicted molar refractivity (Wildman–Crippen MR) is 86.8 cm³/mol. The van der Waals surface area contributed by atoms with Gasteiger partial charge in [-0.15, -0.1) is 0 Å². The molecule has 24 heavy (non-hydrogen) atoms. The molecular weight excluding hydrogens is 335 g/mol. The Bertz CT molecular complexity index is 793. The number of rotatable bonds is 6. The van der Waals surface area contributed by atoms with Crippen LogP contribution < -0.4 is 5.30 Å². The standard InChI is InChI=1S/C16H17O7P/c17-11-6-4-10(5-7-11)2-1-3-13(19)16-14(20)8-12(18)9-15(16)24(21,22)23/h4-9,17-18,20H,1-3H2,(H2,21,22,23). The number of carbonyl (C=O) groups excluding carboxylic acids is 1. The van der Waals surface area contributed by atoms with Crippen LogP contribution in [0.3, 0.4) is 0 Å². The molecule has 128 valence electrons. The zero-order chi connectivity index (χ0) is 17.9. The number of ketones is 1. The van der Waals surface area contributed by atoms with Gasteiger partial charge in [0.05, 0.1) is 10.9 Å². The van der Waals surface area contributed by atoms with Crippen molar-refractivity contribution in [3.63, 3.8) is 0 Å². The number of phenolic OH excluding ortho intramolecular Hbond substituents is 3. The van der Waals surface area contributed by atoms with Gasteiger partial charge in [-0.3, -0.25) is 9.36 Å². The van der Waals surface area contributed by atoms with Crippen molar-refractivity contribution in [3.8, 4) is 17.2 Å². The molecule has 0 fully saturated rings. The second kappa shape index (κ2) is 7.05. The Morgan fingerprint density at radius 1 is 0.958 bits per heavy atom. The first-order valence-corrected chi connectivity index (χ1v) is 8.73. The summed E-state index contributed by atoms with van der Waals surface area (Å²) in [5.74, 6) is -1.69. The lowest BCUT2D eigenvalue weighted by atomic mass is 10.0. The number of hydrogen-bond acceptors (Lipinski definition) is 5. The van der Waals surface area contributed by atoms with Crippen molar-refractivity contribution in [1.29, 1.82) is 0 Å². The van der Waals surface area contributed by atoms with Crippen LogP contribution >= 0.6 is 7.60 Å². The monoisotopic (exact) mass is 352 g/mol. The molecule has 0 saturated carbocycles. The third-order valence-electron chi connectivity index (χ3n) is 3.48. The van der Waals surface area contributed by atoms with E-state index in [0.717, 1.165) is 17.7 Å². The van der Waals surface area contributed by atoms with Crippen molar-refractivity contribution in [2.75, 3.05) is 0 Å². The first-order chi connectivity index (χ1) is 11.2. The number of aryl methyl sites for hydroxylation is 1. The van der Waals surface area contributed by atoms with Crippen LogP contribution in [0.1, 0.15) is 28.8 Å². The number of phenols is 3. The van der Waals surface area contributed by atoms with E-state index in [1.165, 1.54) is 12.1 Å². The highest BCUT2D eigenvalue weighted by Crippen LogP contribution is 2.39. The summed E-state index contributed by atoms with van der Waals surface area (Å²) in [7, 11) is -4.83. The number of aromatic hydroxyl groups is 3. The highest BCUT2D eigenvalue weighted by atomic mass is 31.2. The van der Waals surface area contributed by atoms with Crippen LogP contribution in [0.2, 0.25) is 0 Å². The molecule has 0 heterocycles. The highest BCUT2D eigenvalue weighted by Gasteiger charge is 2.28. The Hall–Kier alpha value is -2.34. The summed E-state index contributed by atoms with van der Waals surface area (Å²) in [5, 5.41) is 27.7. The van der Waals surface area contributed by atoms with E-state index < -0.39 is 35.7 Å². The van der Waals surface area contributed by atoms with Gasteiger partial charge in [0.15, 0.2) is 5.78 Å². The molecule has 0 atom stereocenters. The highest BCUT2D eigenvalue weighted by molar-refractivity contribution is 7.60. The minimum atomic E-state index is -4.83. The average molecular weight is 352 g/mol. The van der Waals surface area contributed by atoms with E-state index >= 15 is 0 Å². The minimum Gasteiger partial charge on any atom is -0.508 e. The van der Waals surface area contributed by atoms with E-state index in [4.69, 9.17) is 0 Å². The average Bonchev–Trinajstić information content (AvgIpc) is 2.47. The molecule has 0 saturated heterocycles. The van der Waals surface area contributed by atoms with Gasteiger partial charge in [0.2, 0.25) is 0 Å². The maximum absolute atomic E-state index is 12.3. The number of hydrogen-bond donors (Lipinski definition) is 5. The first kappa shape index (κ1) is 18.0. The quantitative estimate of drug-likeness (QED) is 0.395. The van der Waals surface area contributed by atoms with Crippen LogP contribution in [0, 0.1) is 0 Å². The molecule has 5 N–H and O–H groups in total. The fraction of sp³-hybridized carbons (Fsp3) is 0.188. The number of carbonyl (C=O) groups is 1. The molecule has 0 aliphatic heterocycles. The third kappa shape index (κ3) is 4.35. The van der Waals surface area contributed by atoms with Gasteiger partial charge < -0.3 is 25.1 Å². The summed E-state index contributed by atoms with van der Waals surface area (Å²) in [4.78, 5) is 30.9.